The summed E-state index contributed by atoms with van der Waals surface area (Å²) in [5.74, 6) is 1.33. The second-order valence-electron chi connectivity index (χ2n) is 5.21. The molecule has 0 radical (unpaired) electrons. The minimum absolute atomic E-state index is 0.0473. The van der Waals surface area contributed by atoms with E-state index in [9.17, 15) is 4.79 Å². The molecule has 19 heavy (non-hydrogen) atoms. The van der Waals surface area contributed by atoms with Crippen molar-refractivity contribution < 1.29 is 4.79 Å². The van der Waals surface area contributed by atoms with Gasteiger partial charge in [-0.15, -0.1) is 0 Å². The largest absolute Gasteiger partial charge is 0.369 e. The lowest BCUT2D eigenvalue weighted by Gasteiger charge is -2.24. The Hall–Kier alpha value is -1.65. The lowest BCUT2D eigenvalue weighted by Crippen LogP contribution is -2.36. The molecule has 0 aliphatic heterocycles. The van der Waals surface area contributed by atoms with Gasteiger partial charge in [-0.2, -0.15) is 0 Å². The van der Waals surface area contributed by atoms with Crippen molar-refractivity contribution in [1.82, 2.24) is 14.9 Å². The number of anilines is 1. The average molecular weight is 262 g/mol. The second-order valence-corrected chi connectivity index (χ2v) is 5.21. The number of carbonyl (C=O) groups excluding carboxylic acids is 1. The van der Waals surface area contributed by atoms with Crippen LogP contribution in [0.2, 0.25) is 0 Å². The molecule has 1 aliphatic carbocycles. The van der Waals surface area contributed by atoms with Crippen LogP contribution in [0.4, 0.5) is 5.82 Å². The Bertz CT molecular complexity index is 428. The third-order valence-corrected chi connectivity index (χ3v) is 3.66. The number of hydrogen-bond acceptors (Lipinski definition) is 4. The van der Waals surface area contributed by atoms with E-state index in [-0.39, 0.29) is 11.9 Å². The van der Waals surface area contributed by atoms with Crippen LogP contribution >= 0.6 is 0 Å². The van der Waals surface area contributed by atoms with Crippen LogP contribution in [0, 0.1) is 5.92 Å². The van der Waals surface area contributed by atoms with E-state index in [4.69, 9.17) is 0 Å². The Morgan fingerprint density at radius 3 is 2.74 bits per heavy atom. The summed E-state index contributed by atoms with van der Waals surface area (Å²) in [7, 11) is 1.84. The standard InChI is InChI=1S/C14H22N4O/c1-4-7-15-13-9-16-12(8-17-13)14(19)18(3)10(2)11-5-6-11/h8-11H,4-7H2,1-3H3,(H,15,17). The van der Waals surface area contributed by atoms with Gasteiger partial charge in [-0.05, 0) is 32.1 Å². The molecule has 1 aliphatic rings. The van der Waals surface area contributed by atoms with E-state index in [0.29, 0.717) is 11.6 Å². The Labute approximate surface area is 114 Å². The van der Waals surface area contributed by atoms with E-state index >= 15 is 0 Å². The molecule has 5 nitrogen and oxygen atoms in total. The first kappa shape index (κ1) is 13.8. The summed E-state index contributed by atoms with van der Waals surface area (Å²) in [6.45, 7) is 5.05. The van der Waals surface area contributed by atoms with Gasteiger partial charge in [0.2, 0.25) is 0 Å². The molecule has 1 amide bonds. The zero-order valence-corrected chi connectivity index (χ0v) is 11.9. The molecule has 1 aromatic rings. The molecule has 2 rings (SSSR count). The maximum absolute atomic E-state index is 12.2. The van der Waals surface area contributed by atoms with Crippen LogP contribution in [0.1, 0.15) is 43.6 Å². The van der Waals surface area contributed by atoms with Crippen molar-refractivity contribution >= 4 is 11.7 Å². The minimum Gasteiger partial charge on any atom is -0.369 e. The molecule has 1 atom stereocenters. The number of hydrogen-bond donors (Lipinski definition) is 1. The lowest BCUT2D eigenvalue weighted by molar-refractivity contribution is 0.0721. The minimum atomic E-state index is -0.0473. The maximum Gasteiger partial charge on any atom is 0.274 e. The van der Waals surface area contributed by atoms with Crippen molar-refractivity contribution in [3.63, 3.8) is 0 Å². The molecule has 1 heterocycles. The van der Waals surface area contributed by atoms with Crippen LogP contribution in [0.3, 0.4) is 0 Å². The molecular formula is C14H22N4O. The van der Waals surface area contributed by atoms with Crippen molar-refractivity contribution in [3.8, 4) is 0 Å². The first-order valence-electron chi connectivity index (χ1n) is 6.96. The third-order valence-electron chi connectivity index (χ3n) is 3.66. The maximum atomic E-state index is 12.2. The second kappa shape index (κ2) is 5.99. The summed E-state index contributed by atoms with van der Waals surface area (Å²) in [5.41, 5.74) is 0.414. The van der Waals surface area contributed by atoms with E-state index < -0.39 is 0 Å². The smallest absolute Gasteiger partial charge is 0.274 e. The van der Waals surface area contributed by atoms with Gasteiger partial charge in [0.1, 0.15) is 11.5 Å². The van der Waals surface area contributed by atoms with Gasteiger partial charge in [0, 0.05) is 19.6 Å². The summed E-state index contributed by atoms with van der Waals surface area (Å²) >= 11 is 0. The van der Waals surface area contributed by atoms with Gasteiger partial charge in [0.15, 0.2) is 0 Å². The van der Waals surface area contributed by atoms with Crippen LogP contribution in [-0.2, 0) is 0 Å². The van der Waals surface area contributed by atoms with Gasteiger partial charge in [-0.3, -0.25) is 4.79 Å². The van der Waals surface area contributed by atoms with Gasteiger partial charge in [0.25, 0.3) is 5.91 Å². The van der Waals surface area contributed by atoms with Crippen LogP contribution in [0.15, 0.2) is 12.4 Å². The van der Waals surface area contributed by atoms with E-state index in [1.807, 2.05) is 7.05 Å². The number of aromatic nitrogens is 2. The predicted molar refractivity (Wildman–Crippen MR) is 75.1 cm³/mol. The average Bonchev–Trinajstić information content (AvgIpc) is 3.28. The molecule has 0 bridgehead atoms. The summed E-state index contributed by atoms with van der Waals surface area (Å²) in [6, 6.07) is 0.284. The van der Waals surface area contributed by atoms with E-state index in [0.717, 1.165) is 18.8 Å². The quantitative estimate of drug-likeness (QED) is 0.853. The van der Waals surface area contributed by atoms with Crippen LogP contribution < -0.4 is 5.32 Å². The summed E-state index contributed by atoms with van der Waals surface area (Å²) < 4.78 is 0. The van der Waals surface area contributed by atoms with Gasteiger partial charge >= 0.3 is 0 Å². The van der Waals surface area contributed by atoms with Crippen LogP contribution in [0.5, 0.6) is 0 Å². The molecule has 1 N–H and O–H groups in total. The Kier molecular flexibility index (Phi) is 4.35. The van der Waals surface area contributed by atoms with Crippen molar-refractivity contribution in [1.29, 1.82) is 0 Å². The van der Waals surface area contributed by atoms with Crippen LogP contribution in [-0.4, -0.2) is 40.4 Å². The molecular weight excluding hydrogens is 240 g/mol. The molecule has 0 saturated heterocycles. The summed E-state index contributed by atoms with van der Waals surface area (Å²) in [6.07, 6.45) is 6.66. The number of carbonyl (C=O) groups is 1. The molecule has 1 saturated carbocycles. The normalized spacial score (nSPS) is 15.9. The Balaban J connectivity index is 1.98. The third kappa shape index (κ3) is 3.43. The van der Waals surface area contributed by atoms with Gasteiger partial charge in [0.05, 0.1) is 12.4 Å². The molecule has 1 aromatic heterocycles. The van der Waals surface area contributed by atoms with Crippen LogP contribution in [0.25, 0.3) is 0 Å². The summed E-state index contributed by atoms with van der Waals surface area (Å²) in [5, 5.41) is 3.14. The number of nitrogens with zero attached hydrogens (tertiary/aromatic N) is 3. The molecule has 1 unspecified atom stereocenters. The molecule has 0 aromatic carbocycles. The fourth-order valence-corrected chi connectivity index (χ4v) is 2.04. The van der Waals surface area contributed by atoms with Crippen molar-refractivity contribution in [2.45, 2.75) is 39.2 Å². The summed E-state index contributed by atoms with van der Waals surface area (Å²) in [4.78, 5) is 22.4. The van der Waals surface area contributed by atoms with Gasteiger partial charge in [-0.25, -0.2) is 9.97 Å². The molecule has 1 fully saturated rings. The number of rotatable bonds is 6. The van der Waals surface area contributed by atoms with Gasteiger partial charge in [-0.1, -0.05) is 6.92 Å². The number of nitrogens with one attached hydrogen (secondary N) is 1. The Morgan fingerprint density at radius 2 is 2.21 bits per heavy atom. The molecule has 0 spiro atoms. The van der Waals surface area contributed by atoms with Crippen molar-refractivity contribution in [3.05, 3.63) is 18.1 Å². The fraction of sp³-hybridized carbons (Fsp3) is 0.643. The van der Waals surface area contributed by atoms with E-state index in [1.165, 1.54) is 12.8 Å². The highest BCUT2D eigenvalue weighted by molar-refractivity contribution is 5.92. The zero-order chi connectivity index (χ0) is 13.8. The highest BCUT2D eigenvalue weighted by atomic mass is 16.2. The van der Waals surface area contributed by atoms with Crippen molar-refractivity contribution in [2.24, 2.45) is 5.92 Å². The lowest BCUT2D eigenvalue weighted by atomic mass is 10.2. The van der Waals surface area contributed by atoms with E-state index in [2.05, 4.69) is 29.1 Å². The number of amides is 1. The SMILES string of the molecule is CCCNc1cnc(C(=O)N(C)C(C)C2CC2)cn1. The molecule has 104 valence electrons. The first-order valence-corrected chi connectivity index (χ1v) is 6.96. The van der Waals surface area contributed by atoms with Gasteiger partial charge < -0.3 is 10.2 Å². The predicted octanol–water partition coefficient (Wildman–Crippen LogP) is 2.17. The van der Waals surface area contributed by atoms with Crippen molar-refractivity contribution in [2.75, 3.05) is 18.9 Å². The highest BCUT2D eigenvalue weighted by Gasteiger charge is 2.33. The first-order chi connectivity index (χ1) is 9.13. The van der Waals surface area contributed by atoms with E-state index in [1.54, 1.807) is 17.3 Å². The topological polar surface area (TPSA) is 58.1 Å². The Morgan fingerprint density at radius 1 is 1.47 bits per heavy atom. The fourth-order valence-electron chi connectivity index (χ4n) is 2.04. The molecule has 5 heteroatoms. The monoisotopic (exact) mass is 262 g/mol. The zero-order valence-electron chi connectivity index (χ0n) is 11.9. The highest BCUT2D eigenvalue weighted by Crippen LogP contribution is 2.34.